The topological polar surface area (TPSA) is 53.0 Å². The molecule has 2 aliphatic rings. The fourth-order valence-electron chi connectivity index (χ4n) is 4.48. The number of nitrogens with zero attached hydrogens (tertiary/aromatic N) is 2. The lowest BCUT2D eigenvalue weighted by Gasteiger charge is -2.39. The van der Waals surface area contributed by atoms with Crippen LogP contribution in [0, 0.1) is 0 Å². The number of amides is 1. The number of anilines is 1. The van der Waals surface area contributed by atoms with Crippen molar-refractivity contribution in [3.05, 3.63) is 65.2 Å². The van der Waals surface area contributed by atoms with Gasteiger partial charge < -0.3 is 14.7 Å². The van der Waals surface area contributed by atoms with Crippen LogP contribution >= 0.6 is 0 Å². The minimum atomic E-state index is -4.52. The van der Waals surface area contributed by atoms with Crippen molar-refractivity contribution in [3.63, 3.8) is 0 Å². The van der Waals surface area contributed by atoms with Gasteiger partial charge in [0, 0.05) is 25.3 Å². The van der Waals surface area contributed by atoms with E-state index >= 15 is 0 Å². The molecule has 0 spiro atoms. The lowest BCUT2D eigenvalue weighted by Crippen LogP contribution is -2.43. The number of carbonyl (C=O) groups is 1. The number of cyclic esters (lactones) is 1. The van der Waals surface area contributed by atoms with E-state index in [0.29, 0.717) is 26.1 Å². The van der Waals surface area contributed by atoms with Crippen LogP contribution in [-0.2, 0) is 22.7 Å². The number of likely N-dealkylation sites (tertiary alicyclic amines) is 1. The van der Waals surface area contributed by atoms with E-state index in [9.17, 15) is 36.2 Å². The van der Waals surface area contributed by atoms with Crippen molar-refractivity contribution in [3.8, 4) is 0 Å². The smallest absolute Gasteiger partial charge is 0.416 e. The molecule has 2 aromatic carbocycles. The van der Waals surface area contributed by atoms with E-state index < -0.39 is 41.3 Å². The van der Waals surface area contributed by atoms with E-state index in [1.165, 1.54) is 29.2 Å². The quantitative estimate of drug-likeness (QED) is 0.555. The summed E-state index contributed by atoms with van der Waals surface area (Å²) in [7, 11) is 0. The zero-order valence-electron chi connectivity index (χ0n) is 18.6. The van der Waals surface area contributed by atoms with Crippen LogP contribution in [0.3, 0.4) is 0 Å². The molecule has 0 aliphatic carbocycles. The molecule has 0 aromatic heterocycles. The second-order valence-corrected chi connectivity index (χ2v) is 8.90. The Morgan fingerprint density at radius 2 is 1.54 bits per heavy atom. The summed E-state index contributed by atoms with van der Waals surface area (Å²) >= 11 is 0. The predicted molar refractivity (Wildman–Crippen MR) is 115 cm³/mol. The molecule has 1 N–H and O–H groups in total. The van der Waals surface area contributed by atoms with Gasteiger partial charge in [0.15, 0.2) is 0 Å². The van der Waals surface area contributed by atoms with Gasteiger partial charge in [0.1, 0.15) is 6.10 Å². The Bertz CT molecular complexity index is 1060. The molecule has 0 bridgehead atoms. The first kappa shape index (κ1) is 25.3. The van der Waals surface area contributed by atoms with E-state index in [2.05, 4.69) is 0 Å². The number of hydrogen-bond donors (Lipinski definition) is 1. The average Bonchev–Trinajstić information content (AvgIpc) is 3.18. The van der Waals surface area contributed by atoms with Crippen LogP contribution in [0.25, 0.3) is 0 Å². The zero-order valence-corrected chi connectivity index (χ0v) is 18.6. The fourth-order valence-corrected chi connectivity index (χ4v) is 4.48. The molecule has 1 atom stereocenters. The van der Waals surface area contributed by atoms with Gasteiger partial charge in [0.05, 0.1) is 23.3 Å². The highest BCUT2D eigenvalue weighted by molar-refractivity contribution is 5.89. The van der Waals surface area contributed by atoms with Crippen LogP contribution in [0.4, 0.5) is 36.8 Å². The van der Waals surface area contributed by atoms with Crippen molar-refractivity contribution in [1.29, 1.82) is 0 Å². The Kier molecular flexibility index (Phi) is 6.76. The monoisotopic (exact) mass is 502 g/mol. The lowest BCUT2D eigenvalue weighted by atomic mass is 9.83. The van der Waals surface area contributed by atoms with Crippen LogP contribution in [0.15, 0.2) is 48.5 Å². The number of alkyl halides is 6. The van der Waals surface area contributed by atoms with Crippen molar-refractivity contribution in [1.82, 2.24) is 4.90 Å². The largest absolute Gasteiger partial charge is 0.444 e. The van der Waals surface area contributed by atoms with Gasteiger partial charge in [0.25, 0.3) is 0 Å². The molecular formula is C24H24F6N2O3. The third kappa shape index (κ3) is 5.72. The normalized spacial score (nSPS) is 21.3. The summed E-state index contributed by atoms with van der Waals surface area (Å²) in [6.45, 7) is 1.49. The van der Waals surface area contributed by atoms with Crippen molar-refractivity contribution < 1.29 is 41.0 Å². The Balaban J connectivity index is 1.31. The summed E-state index contributed by atoms with van der Waals surface area (Å²) in [4.78, 5) is 15.4. The molecule has 2 aromatic rings. The Hall–Kier alpha value is -2.79. The second kappa shape index (κ2) is 9.34. The number of halogens is 6. The van der Waals surface area contributed by atoms with Crippen LogP contribution in [0.5, 0.6) is 0 Å². The third-order valence-corrected chi connectivity index (χ3v) is 6.54. The molecule has 2 aliphatic heterocycles. The molecule has 2 heterocycles. The number of ether oxygens (including phenoxy) is 1. The minimum absolute atomic E-state index is 0.108. The second-order valence-electron chi connectivity index (χ2n) is 8.90. The molecular weight excluding hydrogens is 478 g/mol. The maximum absolute atomic E-state index is 13.0. The molecule has 5 nitrogen and oxygen atoms in total. The van der Waals surface area contributed by atoms with E-state index in [0.717, 1.165) is 24.3 Å². The highest BCUT2D eigenvalue weighted by atomic mass is 19.4. The molecule has 35 heavy (non-hydrogen) atoms. The molecule has 0 radical (unpaired) electrons. The van der Waals surface area contributed by atoms with Crippen molar-refractivity contribution in [2.75, 3.05) is 31.1 Å². The van der Waals surface area contributed by atoms with Gasteiger partial charge in [0.2, 0.25) is 0 Å². The highest BCUT2D eigenvalue weighted by Gasteiger charge is 2.38. The molecule has 190 valence electrons. The van der Waals surface area contributed by atoms with Crippen LogP contribution in [-0.4, -0.2) is 48.4 Å². The maximum atomic E-state index is 13.0. The van der Waals surface area contributed by atoms with Crippen molar-refractivity contribution >= 4 is 11.8 Å². The number of benzene rings is 2. The highest BCUT2D eigenvalue weighted by Crippen LogP contribution is 2.37. The number of carbonyl (C=O) groups excluding carboxylic acids is 1. The zero-order chi connectivity index (χ0) is 25.4. The Morgan fingerprint density at radius 3 is 2.17 bits per heavy atom. The first-order valence-corrected chi connectivity index (χ1v) is 11.1. The van der Waals surface area contributed by atoms with Gasteiger partial charge in [-0.15, -0.1) is 0 Å². The molecule has 0 saturated carbocycles. The van der Waals surface area contributed by atoms with E-state index in [1.54, 1.807) is 0 Å². The van der Waals surface area contributed by atoms with Crippen molar-refractivity contribution in [2.24, 2.45) is 0 Å². The van der Waals surface area contributed by atoms with E-state index in [1.807, 2.05) is 4.90 Å². The van der Waals surface area contributed by atoms with Gasteiger partial charge in [-0.3, -0.25) is 4.90 Å². The third-order valence-electron chi connectivity index (χ3n) is 6.54. The summed E-state index contributed by atoms with van der Waals surface area (Å²) in [6, 6.07) is 9.21. The Morgan fingerprint density at radius 1 is 0.943 bits per heavy atom. The number of aliphatic hydroxyl groups is 1. The predicted octanol–water partition coefficient (Wildman–Crippen LogP) is 5.42. The average molecular weight is 502 g/mol. The fraction of sp³-hybridized carbons (Fsp3) is 0.458. The molecule has 1 amide bonds. The number of hydrogen-bond acceptors (Lipinski definition) is 4. The SMILES string of the molecule is O=C1OC(CCN2CCC(O)(c3cccc(C(F)(F)F)c3)CC2)CN1c1cccc(C(F)(F)F)c1. The van der Waals surface area contributed by atoms with Crippen molar-refractivity contribution in [2.45, 2.75) is 43.3 Å². The first-order chi connectivity index (χ1) is 16.3. The van der Waals surface area contributed by atoms with Crippen LogP contribution in [0.2, 0.25) is 0 Å². The van der Waals surface area contributed by atoms with Gasteiger partial charge in [-0.05, 0) is 55.2 Å². The van der Waals surface area contributed by atoms with Gasteiger partial charge in [-0.2, -0.15) is 26.3 Å². The van der Waals surface area contributed by atoms with Gasteiger partial charge >= 0.3 is 18.4 Å². The standard InChI is InChI=1S/C24H24F6N2O3/c25-23(26,27)17-4-1-3-16(13-17)22(34)8-11-31(12-9-22)10-7-20-15-32(21(33)35-20)19-6-2-5-18(14-19)24(28,29)30/h1-6,13-14,20,34H,7-12,15H2. The molecule has 11 heteroatoms. The number of rotatable bonds is 5. The molecule has 2 fully saturated rings. The summed E-state index contributed by atoms with van der Waals surface area (Å²) in [5, 5.41) is 11.0. The van der Waals surface area contributed by atoms with Crippen LogP contribution in [0.1, 0.15) is 36.0 Å². The minimum Gasteiger partial charge on any atom is -0.444 e. The van der Waals surface area contributed by atoms with Gasteiger partial charge in [-0.1, -0.05) is 18.2 Å². The summed E-state index contributed by atoms with van der Waals surface area (Å²) in [5.74, 6) is 0. The summed E-state index contributed by atoms with van der Waals surface area (Å²) < 4.78 is 83.3. The van der Waals surface area contributed by atoms with E-state index in [4.69, 9.17) is 4.74 Å². The molecule has 1 unspecified atom stereocenters. The van der Waals surface area contributed by atoms with Gasteiger partial charge in [-0.25, -0.2) is 4.79 Å². The van der Waals surface area contributed by atoms with E-state index in [-0.39, 0.29) is 30.6 Å². The summed E-state index contributed by atoms with van der Waals surface area (Å²) in [6.07, 6.45) is -9.32. The molecule has 2 saturated heterocycles. The summed E-state index contributed by atoms with van der Waals surface area (Å²) in [5.41, 5.74) is -2.69. The number of piperidine rings is 1. The lowest BCUT2D eigenvalue weighted by molar-refractivity contribution is -0.138. The maximum Gasteiger partial charge on any atom is 0.416 e. The van der Waals surface area contributed by atoms with Crippen LogP contribution < -0.4 is 4.90 Å². The Labute approximate surface area is 197 Å². The molecule has 4 rings (SSSR count). The first-order valence-electron chi connectivity index (χ1n) is 11.1.